The van der Waals surface area contributed by atoms with E-state index >= 15 is 0 Å². The van der Waals surface area contributed by atoms with Gasteiger partial charge in [0.25, 0.3) is 11.5 Å². The first-order valence-electron chi connectivity index (χ1n) is 9.96. The molecule has 0 saturated carbocycles. The van der Waals surface area contributed by atoms with Gasteiger partial charge in [-0.1, -0.05) is 6.07 Å². The van der Waals surface area contributed by atoms with E-state index in [9.17, 15) is 19.5 Å². The first-order valence-corrected chi connectivity index (χ1v) is 9.96. The summed E-state index contributed by atoms with van der Waals surface area (Å²) < 4.78 is 17.2. The van der Waals surface area contributed by atoms with Crippen molar-refractivity contribution in [2.45, 2.75) is 19.6 Å². The molecular weight excluding hydrogens is 418 g/mol. The summed E-state index contributed by atoms with van der Waals surface area (Å²) in [5, 5.41) is 13.1. The van der Waals surface area contributed by atoms with Crippen molar-refractivity contribution in [1.29, 1.82) is 0 Å². The third kappa shape index (κ3) is 4.75. The number of nitrogens with one attached hydrogen (secondary N) is 2. The molecule has 3 aromatic rings. The standard InChI is InChI=1S/C22H25N3O7/c1-4-25-21(28)15-9-8-13(10-16(15)24-22(25)29)20(27)23-11-14(26)12-32-19-17(30-2)6-5-7-18(19)31-3/h5-10,14,26H,4,11-12H2,1-3H3,(H,23,27)(H,24,29). The van der Waals surface area contributed by atoms with Crippen LogP contribution in [0, 0.1) is 0 Å². The van der Waals surface area contributed by atoms with Gasteiger partial charge in [-0.15, -0.1) is 0 Å². The number of nitrogens with zero attached hydrogens (tertiary/aromatic N) is 1. The maximum atomic E-state index is 12.5. The SMILES string of the molecule is CCn1c(=O)[nH]c2cc(C(=O)NCC(O)COc3c(OC)cccc3OC)ccc2c1=O. The highest BCUT2D eigenvalue weighted by atomic mass is 16.5. The summed E-state index contributed by atoms with van der Waals surface area (Å²) >= 11 is 0. The highest BCUT2D eigenvalue weighted by Crippen LogP contribution is 2.36. The molecule has 10 heteroatoms. The van der Waals surface area contributed by atoms with E-state index < -0.39 is 23.3 Å². The number of rotatable bonds is 9. The van der Waals surface area contributed by atoms with Crippen LogP contribution in [-0.2, 0) is 6.54 Å². The lowest BCUT2D eigenvalue weighted by Gasteiger charge is -2.17. The first-order chi connectivity index (χ1) is 15.4. The fraction of sp³-hybridized carbons (Fsp3) is 0.318. The Balaban J connectivity index is 1.65. The van der Waals surface area contributed by atoms with Gasteiger partial charge in [-0.25, -0.2) is 4.79 Å². The van der Waals surface area contributed by atoms with Crippen molar-refractivity contribution in [3.8, 4) is 17.2 Å². The average molecular weight is 443 g/mol. The van der Waals surface area contributed by atoms with Crippen molar-refractivity contribution in [3.63, 3.8) is 0 Å². The highest BCUT2D eigenvalue weighted by molar-refractivity contribution is 5.97. The number of carbonyl (C=O) groups is 1. The summed E-state index contributed by atoms with van der Waals surface area (Å²) in [7, 11) is 2.99. The molecule has 170 valence electrons. The van der Waals surface area contributed by atoms with Crippen molar-refractivity contribution in [2.75, 3.05) is 27.4 Å². The van der Waals surface area contributed by atoms with Crippen molar-refractivity contribution in [2.24, 2.45) is 0 Å². The third-order valence-corrected chi connectivity index (χ3v) is 4.86. The Labute approximate surface area is 183 Å². The number of aliphatic hydroxyl groups excluding tert-OH is 1. The second-order valence-electron chi connectivity index (χ2n) is 6.91. The molecule has 2 aromatic carbocycles. The number of methoxy groups -OCH3 is 2. The molecular formula is C22H25N3O7. The Morgan fingerprint density at radius 1 is 1.16 bits per heavy atom. The van der Waals surface area contributed by atoms with Gasteiger partial charge < -0.3 is 29.6 Å². The first kappa shape index (κ1) is 22.9. The number of hydrogen-bond acceptors (Lipinski definition) is 7. The smallest absolute Gasteiger partial charge is 0.328 e. The van der Waals surface area contributed by atoms with Gasteiger partial charge in [0.1, 0.15) is 12.7 Å². The van der Waals surface area contributed by atoms with E-state index in [1.54, 1.807) is 25.1 Å². The zero-order valence-electron chi connectivity index (χ0n) is 18.0. The summed E-state index contributed by atoms with van der Waals surface area (Å²) in [6, 6.07) is 9.55. The summed E-state index contributed by atoms with van der Waals surface area (Å²) in [4.78, 5) is 39.4. The molecule has 3 N–H and O–H groups in total. The molecule has 3 rings (SSSR count). The van der Waals surface area contributed by atoms with Gasteiger partial charge in [0, 0.05) is 18.7 Å². The molecule has 0 radical (unpaired) electrons. The van der Waals surface area contributed by atoms with E-state index in [1.807, 2.05) is 0 Å². The van der Waals surface area contributed by atoms with Crippen LogP contribution in [0.2, 0.25) is 0 Å². The molecule has 1 heterocycles. The van der Waals surface area contributed by atoms with Gasteiger partial charge in [-0.2, -0.15) is 0 Å². The fourth-order valence-corrected chi connectivity index (χ4v) is 3.19. The zero-order chi connectivity index (χ0) is 23.3. The van der Waals surface area contributed by atoms with Gasteiger partial charge in [0.05, 0.1) is 25.1 Å². The number of ether oxygens (including phenoxy) is 3. The van der Waals surface area contributed by atoms with Crippen LogP contribution >= 0.6 is 0 Å². The number of benzene rings is 2. The lowest BCUT2D eigenvalue weighted by atomic mass is 10.1. The molecule has 1 unspecified atom stereocenters. The van der Waals surface area contributed by atoms with E-state index in [0.717, 1.165) is 4.57 Å². The lowest BCUT2D eigenvalue weighted by molar-refractivity contribution is 0.0834. The fourth-order valence-electron chi connectivity index (χ4n) is 3.19. The molecule has 1 amide bonds. The molecule has 0 spiro atoms. The van der Waals surface area contributed by atoms with Gasteiger partial charge in [0.2, 0.25) is 5.75 Å². The Morgan fingerprint density at radius 3 is 2.47 bits per heavy atom. The Kier molecular flexibility index (Phi) is 7.16. The third-order valence-electron chi connectivity index (χ3n) is 4.86. The van der Waals surface area contributed by atoms with E-state index in [-0.39, 0.29) is 30.8 Å². The molecule has 1 atom stereocenters. The maximum absolute atomic E-state index is 12.5. The number of H-pyrrole nitrogens is 1. The molecule has 0 aliphatic heterocycles. The van der Waals surface area contributed by atoms with E-state index in [0.29, 0.717) is 22.6 Å². The largest absolute Gasteiger partial charge is 0.493 e. The molecule has 10 nitrogen and oxygen atoms in total. The monoisotopic (exact) mass is 443 g/mol. The molecule has 0 aliphatic carbocycles. The molecule has 0 aliphatic rings. The quantitative estimate of drug-likeness (QED) is 0.448. The normalized spacial score (nSPS) is 11.8. The number of para-hydroxylation sites is 1. The lowest BCUT2D eigenvalue weighted by Crippen LogP contribution is -2.36. The number of fused-ring (bicyclic) bond motifs is 1. The van der Waals surface area contributed by atoms with Crippen molar-refractivity contribution < 1.29 is 24.1 Å². The number of hydrogen-bond donors (Lipinski definition) is 3. The topological polar surface area (TPSA) is 132 Å². The number of carbonyl (C=O) groups excluding carboxylic acids is 1. The van der Waals surface area contributed by atoms with Gasteiger partial charge in [0.15, 0.2) is 11.5 Å². The van der Waals surface area contributed by atoms with Crippen LogP contribution in [0.4, 0.5) is 0 Å². The van der Waals surface area contributed by atoms with Crippen LogP contribution in [-0.4, -0.2) is 54.0 Å². The molecule has 0 fully saturated rings. The number of aromatic nitrogens is 2. The molecule has 0 bridgehead atoms. The predicted molar refractivity (Wildman–Crippen MR) is 118 cm³/mol. The predicted octanol–water partition coefficient (Wildman–Crippen LogP) is 0.897. The molecule has 1 aromatic heterocycles. The Morgan fingerprint density at radius 2 is 1.84 bits per heavy atom. The summed E-state index contributed by atoms with van der Waals surface area (Å²) in [5.74, 6) is 0.779. The zero-order valence-corrected chi connectivity index (χ0v) is 18.0. The molecule has 0 saturated heterocycles. The summed E-state index contributed by atoms with van der Waals surface area (Å²) in [6.07, 6.45) is -1.01. The minimum absolute atomic E-state index is 0.0811. The van der Waals surface area contributed by atoms with Crippen LogP contribution in [0.3, 0.4) is 0 Å². The van der Waals surface area contributed by atoms with Gasteiger partial charge in [-0.3, -0.25) is 14.2 Å². The second kappa shape index (κ2) is 10.0. The minimum Gasteiger partial charge on any atom is -0.493 e. The van der Waals surface area contributed by atoms with Crippen molar-refractivity contribution >= 4 is 16.8 Å². The van der Waals surface area contributed by atoms with E-state index in [1.165, 1.54) is 32.4 Å². The maximum Gasteiger partial charge on any atom is 0.328 e. The van der Waals surface area contributed by atoms with Crippen LogP contribution in [0.5, 0.6) is 17.2 Å². The second-order valence-corrected chi connectivity index (χ2v) is 6.91. The van der Waals surface area contributed by atoms with Gasteiger partial charge in [-0.05, 0) is 37.3 Å². The van der Waals surface area contributed by atoms with Crippen molar-refractivity contribution in [3.05, 3.63) is 62.8 Å². The van der Waals surface area contributed by atoms with Crippen LogP contribution in [0.25, 0.3) is 10.9 Å². The highest BCUT2D eigenvalue weighted by Gasteiger charge is 2.16. The number of amides is 1. The van der Waals surface area contributed by atoms with Crippen LogP contribution in [0.15, 0.2) is 46.0 Å². The van der Waals surface area contributed by atoms with Crippen LogP contribution < -0.4 is 30.8 Å². The molecule has 32 heavy (non-hydrogen) atoms. The average Bonchev–Trinajstić information content (AvgIpc) is 2.80. The Bertz CT molecular complexity index is 1210. The van der Waals surface area contributed by atoms with Crippen LogP contribution in [0.1, 0.15) is 17.3 Å². The summed E-state index contributed by atoms with van der Waals surface area (Å²) in [6.45, 7) is 1.75. The summed E-state index contributed by atoms with van der Waals surface area (Å²) in [5.41, 5.74) is -0.453. The number of aliphatic hydroxyl groups is 1. The van der Waals surface area contributed by atoms with E-state index in [4.69, 9.17) is 14.2 Å². The Hall–Kier alpha value is -3.79. The van der Waals surface area contributed by atoms with E-state index in [2.05, 4.69) is 10.3 Å². The number of aromatic amines is 1. The van der Waals surface area contributed by atoms with Crippen molar-refractivity contribution in [1.82, 2.24) is 14.9 Å². The van der Waals surface area contributed by atoms with Gasteiger partial charge >= 0.3 is 5.69 Å². The minimum atomic E-state index is -1.01.